The molecule has 4 aromatic carbocycles. The zero-order valence-corrected chi connectivity index (χ0v) is 34.4. The molecule has 4 aromatic rings. The molecule has 0 spiro atoms. The van der Waals surface area contributed by atoms with Gasteiger partial charge in [0.25, 0.3) is 0 Å². The van der Waals surface area contributed by atoms with Gasteiger partial charge in [0.1, 0.15) is 18.3 Å². The Balaban J connectivity index is 1.08. The highest BCUT2D eigenvalue weighted by Gasteiger charge is 2.47. The van der Waals surface area contributed by atoms with Crippen molar-refractivity contribution in [2.24, 2.45) is 0 Å². The van der Waals surface area contributed by atoms with E-state index < -0.39 is 73.7 Å². The number of carbonyl (C=O) groups excluding carboxylic acids is 1. The average molecular weight is 811 g/mol. The number of esters is 1. The van der Waals surface area contributed by atoms with Gasteiger partial charge in [-0.2, -0.15) is 0 Å². The summed E-state index contributed by atoms with van der Waals surface area (Å²) < 4.78 is 64.9. The third-order valence-corrected chi connectivity index (χ3v) is 11.0. The molecule has 59 heavy (non-hydrogen) atoms. The van der Waals surface area contributed by atoms with Gasteiger partial charge in [-0.25, -0.2) is 0 Å². The van der Waals surface area contributed by atoms with Crippen LogP contribution in [0.4, 0.5) is 0 Å². The fourth-order valence-electron chi connectivity index (χ4n) is 8.02. The fraction of sp³-hybridized carbons (Fsp3) is 0.479. The molecule has 11 heteroatoms. The van der Waals surface area contributed by atoms with Crippen LogP contribution in [-0.4, -0.2) is 79.8 Å². The summed E-state index contributed by atoms with van der Waals surface area (Å²) in [4.78, 5) is 12.2. The van der Waals surface area contributed by atoms with Crippen LogP contribution in [0.2, 0.25) is 0 Å². The Morgan fingerprint density at radius 1 is 0.458 bits per heavy atom. The third kappa shape index (κ3) is 12.5. The lowest BCUT2D eigenvalue weighted by Gasteiger charge is -2.46. The van der Waals surface area contributed by atoms with Crippen LogP contribution in [0.25, 0.3) is 0 Å². The van der Waals surface area contributed by atoms with Gasteiger partial charge in [-0.3, -0.25) is 4.79 Å². The minimum atomic E-state index is -0.683. The molecule has 3 saturated heterocycles. The lowest BCUT2D eigenvalue weighted by Crippen LogP contribution is -2.56. The summed E-state index contributed by atoms with van der Waals surface area (Å²) in [6, 6.07) is 40.1. The predicted octanol–water partition coefficient (Wildman–Crippen LogP) is 8.07. The van der Waals surface area contributed by atoms with E-state index in [4.69, 9.17) is 47.4 Å². The highest BCUT2D eigenvalue weighted by molar-refractivity contribution is 5.66. The minimum absolute atomic E-state index is 0.330. The normalized spacial score (nSPS) is 31.1. The van der Waals surface area contributed by atoms with Crippen molar-refractivity contribution < 1.29 is 52.2 Å². The van der Waals surface area contributed by atoms with E-state index in [0.29, 0.717) is 45.7 Å². The Hall–Kier alpha value is -4.01. The standard InChI is InChI=1S/C48H58O11/c1-32-46(52-30-38-21-13-7-14-22-38)41(26-43(54-32)51-29-37-19-11-6-12-20-37)58-45-27-42(47(33(2)55-45)53-31-39-23-15-8-16-24-39)59-44-25-40(48(34(3)56-44)57-35(4)49)50-28-36-17-9-5-10-18-36/h5-24,32-34,40-48H,25-31H2,1-4H3/t32-,33-,34-,40+,41+,42+,43+,44-,45-,46-,47-,48-/m0/s1. The van der Waals surface area contributed by atoms with Crippen LogP contribution in [0.1, 0.15) is 69.2 Å². The van der Waals surface area contributed by atoms with Gasteiger partial charge in [0.15, 0.2) is 25.0 Å². The molecule has 7 rings (SSSR count). The van der Waals surface area contributed by atoms with Gasteiger partial charge in [-0.1, -0.05) is 121 Å². The summed E-state index contributed by atoms with van der Waals surface area (Å²) in [7, 11) is 0. The molecular weight excluding hydrogens is 753 g/mol. The van der Waals surface area contributed by atoms with E-state index in [1.165, 1.54) is 6.92 Å². The first kappa shape index (κ1) is 43.1. The van der Waals surface area contributed by atoms with Crippen molar-refractivity contribution in [3.63, 3.8) is 0 Å². The molecular formula is C48H58O11. The molecule has 0 saturated carbocycles. The molecule has 0 unspecified atom stereocenters. The Morgan fingerprint density at radius 3 is 1.22 bits per heavy atom. The number of hydrogen-bond donors (Lipinski definition) is 0. The molecule has 11 nitrogen and oxygen atoms in total. The number of hydrogen-bond acceptors (Lipinski definition) is 11. The predicted molar refractivity (Wildman–Crippen MR) is 218 cm³/mol. The fourth-order valence-corrected chi connectivity index (χ4v) is 8.02. The van der Waals surface area contributed by atoms with Crippen LogP contribution in [0.15, 0.2) is 121 Å². The van der Waals surface area contributed by atoms with E-state index >= 15 is 0 Å². The van der Waals surface area contributed by atoms with Gasteiger partial charge < -0.3 is 47.4 Å². The second-order valence-electron chi connectivity index (χ2n) is 15.6. The van der Waals surface area contributed by atoms with Gasteiger partial charge in [-0.15, -0.1) is 0 Å². The van der Waals surface area contributed by atoms with Crippen molar-refractivity contribution in [1.82, 2.24) is 0 Å². The van der Waals surface area contributed by atoms with Crippen molar-refractivity contribution >= 4 is 5.97 Å². The van der Waals surface area contributed by atoms with Gasteiger partial charge in [0.05, 0.1) is 56.9 Å². The highest BCUT2D eigenvalue weighted by atomic mass is 16.7. The molecule has 0 radical (unpaired) electrons. The summed E-state index contributed by atoms with van der Waals surface area (Å²) in [5, 5.41) is 0. The molecule has 0 amide bonds. The summed E-state index contributed by atoms with van der Waals surface area (Å²) in [5.41, 5.74) is 4.16. The largest absolute Gasteiger partial charge is 0.457 e. The number of rotatable bonds is 17. The first-order valence-electron chi connectivity index (χ1n) is 20.8. The second kappa shape index (κ2) is 21.5. The van der Waals surface area contributed by atoms with E-state index in [-0.39, 0.29) is 6.10 Å². The van der Waals surface area contributed by atoms with Crippen LogP contribution in [-0.2, 0) is 78.6 Å². The first-order valence-corrected chi connectivity index (χ1v) is 20.8. The number of benzene rings is 4. The zero-order valence-electron chi connectivity index (χ0n) is 34.4. The molecule has 0 aliphatic carbocycles. The monoisotopic (exact) mass is 810 g/mol. The van der Waals surface area contributed by atoms with Crippen molar-refractivity contribution in [1.29, 1.82) is 0 Å². The Morgan fingerprint density at radius 2 is 0.797 bits per heavy atom. The van der Waals surface area contributed by atoms with Gasteiger partial charge in [0, 0.05) is 26.2 Å². The summed E-state index contributed by atoms with van der Waals surface area (Å²) in [5.74, 6) is -0.396. The molecule has 3 heterocycles. The lowest BCUT2D eigenvalue weighted by atomic mass is 9.99. The van der Waals surface area contributed by atoms with Crippen LogP contribution in [0, 0.1) is 0 Å². The van der Waals surface area contributed by atoms with Gasteiger partial charge >= 0.3 is 5.97 Å². The maximum atomic E-state index is 12.2. The van der Waals surface area contributed by atoms with Crippen molar-refractivity contribution in [2.75, 3.05) is 0 Å². The molecule has 316 valence electrons. The summed E-state index contributed by atoms with van der Waals surface area (Å²) >= 11 is 0. The van der Waals surface area contributed by atoms with Crippen LogP contribution < -0.4 is 0 Å². The molecule has 3 aliphatic heterocycles. The third-order valence-electron chi connectivity index (χ3n) is 11.0. The van der Waals surface area contributed by atoms with Crippen LogP contribution in [0.5, 0.6) is 0 Å². The van der Waals surface area contributed by atoms with E-state index in [1.54, 1.807) is 0 Å². The maximum absolute atomic E-state index is 12.2. The quantitative estimate of drug-likeness (QED) is 0.0967. The molecule has 3 aliphatic rings. The van der Waals surface area contributed by atoms with Crippen LogP contribution >= 0.6 is 0 Å². The first-order chi connectivity index (χ1) is 28.8. The van der Waals surface area contributed by atoms with Crippen molar-refractivity contribution in [2.45, 2.75) is 147 Å². The van der Waals surface area contributed by atoms with E-state index in [2.05, 4.69) is 0 Å². The Kier molecular flexibility index (Phi) is 15.7. The number of ether oxygens (including phenoxy) is 10. The van der Waals surface area contributed by atoms with Crippen molar-refractivity contribution in [3.05, 3.63) is 144 Å². The SMILES string of the molecule is CC(=O)O[C@H]1[C@H](C)O[C@@H](O[C@@H]2C[C@H](O[C@@H]3C[C@H](OCc4ccccc4)O[C@@H](C)[C@@H]3OCc3ccccc3)O[C@@H](C)[C@@H]2OCc2ccccc2)C[C@H]1OCc1ccccc1. The second-order valence-corrected chi connectivity index (χ2v) is 15.6. The Bertz CT molecular complexity index is 1820. The van der Waals surface area contributed by atoms with E-state index in [1.807, 2.05) is 142 Å². The topological polar surface area (TPSA) is 109 Å². The van der Waals surface area contributed by atoms with Crippen LogP contribution in [0.3, 0.4) is 0 Å². The molecule has 0 bridgehead atoms. The number of carbonyl (C=O) groups is 1. The smallest absolute Gasteiger partial charge is 0.303 e. The summed E-state index contributed by atoms with van der Waals surface area (Å²) in [6.07, 6.45) is -4.82. The molecule has 3 fully saturated rings. The minimum Gasteiger partial charge on any atom is -0.457 e. The molecule has 0 aromatic heterocycles. The van der Waals surface area contributed by atoms with Gasteiger partial charge in [0.2, 0.25) is 0 Å². The highest BCUT2D eigenvalue weighted by Crippen LogP contribution is 2.35. The zero-order chi connectivity index (χ0) is 41.0. The van der Waals surface area contributed by atoms with Crippen molar-refractivity contribution in [3.8, 4) is 0 Å². The van der Waals surface area contributed by atoms with E-state index in [0.717, 1.165) is 22.3 Å². The lowest BCUT2D eigenvalue weighted by molar-refractivity contribution is -0.336. The van der Waals surface area contributed by atoms with Gasteiger partial charge in [-0.05, 0) is 43.0 Å². The average Bonchev–Trinajstić information content (AvgIpc) is 3.24. The summed E-state index contributed by atoms with van der Waals surface area (Å²) in [6.45, 7) is 8.78. The Labute approximate surface area is 348 Å². The maximum Gasteiger partial charge on any atom is 0.303 e. The molecule has 12 atom stereocenters. The van der Waals surface area contributed by atoms with E-state index in [9.17, 15) is 4.79 Å². The molecule has 0 N–H and O–H groups in total.